The summed E-state index contributed by atoms with van der Waals surface area (Å²) in [6.07, 6.45) is 2.41. The average molecular weight is 351 g/mol. The van der Waals surface area contributed by atoms with Crippen LogP contribution in [-0.4, -0.2) is 39.9 Å². The van der Waals surface area contributed by atoms with E-state index in [1.807, 2.05) is 0 Å². The zero-order valence-electron chi connectivity index (χ0n) is 14.0. The molecule has 0 radical (unpaired) electrons. The van der Waals surface area contributed by atoms with Crippen LogP contribution in [0.15, 0.2) is 48.7 Å². The lowest BCUT2D eigenvalue weighted by atomic mass is 10.2. The van der Waals surface area contributed by atoms with Gasteiger partial charge in [-0.1, -0.05) is 0 Å². The minimum absolute atomic E-state index is 0.01000. The molecule has 1 fully saturated rings. The molecule has 1 unspecified atom stereocenters. The molecule has 0 saturated carbocycles. The van der Waals surface area contributed by atoms with Gasteiger partial charge in [-0.25, -0.2) is 14.4 Å². The van der Waals surface area contributed by atoms with Crippen LogP contribution in [0.5, 0.6) is 0 Å². The fourth-order valence-electron chi connectivity index (χ4n) is 3.13. The van der Waals surface area contributed by atoms with Crippen molar-refractivity contribution in [1.82, 2.24) is 14.9 Å². The lowest BCUT2D eigenvalue weighted by molar-refractivity contribution is 0.0791. The molecule has 26 heavy (non-hydrogen) atoms. The first kappa shape index (κ1) is 16.3. The number of amides is 1. The number of rotatable bonds is 3. The van der Waals surface area contributed by atoms with E-state index in [0.717, 1.165) is 6.42 Å². The van der Waals surface area contributed by atoms with Crippen LogP contribution in [0.4, 0.5) is 16.0 Å². The number of hydrogen-bond acceptors (Lipinski definition) is 5. The highest BCUT2D eigenvalue weighted by Crippen LogP contribution is 2.19. The molecular formula is C19H18FN5O. The summed E-state index contributed by atoms with van der Waals surface area (Å²) in [5.74, 6) is 0.162. The second-order valence-corrected chi connectivity index (χ2v) is 6.40. The molecule has 2 aromatic carbocycles. The number of nitrogens with zero attached hydrogens (tertiary/aromatic N) is 3. The lowest BCUT2D eigenvalue weighted by Gasteiger charge is -2.17. The monoisotopic (exact) mass is 351 g/mol. The van der Waals surface area contributed by atoms with E-state index in [0.29, 0.717) is 41.2 Å². The SMILES string of the molecule is Nc1ccc(C(=O)N2CCC(Nc3ncc4cc(F)ccc4n3)C2)cc1. The molecular weight excluding hydrogens is 333 g/mol. The largest absolute Gasteiger partial charge is 0.399 e. The number of anilines is 2. The molecule has 7 heteroatoms. The molecule has 3 aromatic rings. The van der Waals surface area contributed by atoms with Crippen molar-refractivity contribution < 1.29 is 9.18 Å². The van der Waals surface area contributed by atoms with Gasteiger partial charge in [0, 0.05) is 42.0 Å². The van der Waals surface area contributed by atoms with Gasteiger partial charge < -0.3 is 16.0 Å². The number of aromatic nitrogens is 2. The first-order valence-corrected chi connectivity index (χ1v) is 8.42. The third-order valence-electron chi connectivity index (χ3n) is 4.51. The standard InChI is InChI=1S/C19H18FN5O/c20-14-3-6-17-13(9-14)10-22-19(24-17)23-16-7-8-25(11-16)18(26)12-1-4-15(21)5-2-12/h1-6,9-10,16H,7-8,11,21H2,(H,22,23,24). The Morgan fingerprint density at radius 3 is 2.85 bits per heavy atom. The summed E-state index contributed by atoms with van der Waals surface area (Å²) in [6.45, 7) is 1.24. The highest BCUT2D eigenvalue weighted by Gasteiger charge is 2.27. The second-order valence-electron chi connectivity index (χ2n) is 6.40. The van der Waals surface area contributed by atoms with Crippen molar-refractivity contribution in [2.75, 3.05) is 24.1 Å². The van der Waals surface area contributed by atoms with Crippen LogP contribution in [0.1, 0.15) is 16.8 Å². The number of fused-ring (bicyclic) bond motifs is 1. The van der Waals surface area contributed by atoms with Crippen LogP contribution in [0, 0.1) is 5.82 Å². The number of benzene rings is 2. The lowest BCUT2D eigenvalue weighted by Crippen LogP contribution is -2.31. The molecule has 1 aliphatic rings. The first-order valence-electron chi connectivity index (χ1n) is 8.42. The van der Waals surface area contributed by atoms with E-state index in [1.54, 1.807) is 41.4 Å². The Morgan fingerprint density at radius 1 is 1.23 bits per heavy atom. The number of halogens is 1. The van der Waals surface area contributed by atoms with Crippen molar-refractivity contribution in [3.05, 3.63) is 60.0 Å². The number of nitrogens with two attached hydrogens (primary N) is 1. The third-order valence-corrected chi connectivity index (χ3v) is 4.51. The van der Waals surface area contributed by atoms with E-state index in [9.17, 15) is 9.18 Å². The molecule has 1 aromatic heterocycles. The van der Waals surface area contributed by atoms with Gasteiger partial charge >= 0.3 is 0 Å². The molecule has 0 aliphatic carbocycles. The van der Waals surface area contributed by atoms with Crippen molar-refractivity contribution in [3.63, 3.8) is 0 Å². The van der Waals surface area contributed by atoms with Gasteiger partial charge in [-0.05, 0) is 48.9 Å². The van der Waals surface area contributed by atoms with Crippen LogP contribution < -0.4 is 11.1 Å². The Balaban J connectivity index is 1.43. The molecule has 6 nitrogen and oxygen atoms in total. The molecule has 0 bridgehead atoms. The van der Waals surface area contributed by atoms with Crippen molar-refractivity contribution in [2.45, 2.75) is 12.5 Å². The summed E-state index contributed by atoms with van der Waals surface area (Å²) in [7, 11) is 0. The van der Waals surface area contributed by atoms with Gasteiger partial charge in [0.05, 0.1) is 5.52 Å². The molecule has 1 aliphatic heterocycles. The number of hydrogen-bond donors (Lipinski definition) is 2. The Hall–Kier alpha value is -3.22. The normalized spacial score (nSPS) is 16.8. The number of carbonyl (C=O) groups is 1. The average Bonchev–Trinajstić information content (AvgIpc) is 3.10. The molecule has 4 rings (SSSR count). The summed E-state index contributed by atoms with van der Waals surface area (Å²) < 4.78 is 13.2. The van der Waals surface area contributed by atoms with E-state index >= 15 is 0 Å². The maximum Gasteiger partial charge on any atom is 0.253 e. The zero-order chi connectivity index (χ0) is 18.1. The highest BCUT2D eigenvalue weighted by molar-refractivity contribution is 5.94. The van der Waals surface area contributed by atoms with Gasteiger partial charge in [-0.3, -0.25) is 4.79 Å². The van der Waals surface area contributed by atoms with E-state index in [1.165, 1.54) is 12.1 Å². The van der Waals surface area contributed by atoms with E-state index in [4.69, 9.17) is 5.73 Å². The minimum Gasteiger partial charge on any atom is -0.399 e. The van der Waals surface area contributed by atoms with Crippen LogP contribution in [0.3, 0.4) is 0 Å². The van der Waals surface area contributed by atoms with E-state index in [-0.39, 0.29) is 17.8 Å². The fourth-order valence-corrected chi connectivity index (χ4v) is 3.13. The molecule has 0 spiro atoms. The Bertz CT molecular complexity index is 960. The van der Waals surface area contributed by atoms with Gasteiger partial charge in [-0.15, -0.1) is 0 Å². The summed E-state index contributed by atoms with van der Waals surface area (Å²) in [6, 6.07) is 11.4. The summed E-state index contributed by atoms with van der Waals surface area (Å²) in [5.41, 5.74) is 7.61. The van der Waals surface area contributed by atoms with Crippen molar-refractivity contribution >= 4 is 28.4 Å². The number of likely N-dealkylation sites (tertiary alicyclic amines) is 1. The maximum absolute atomic E-state index is 13.2. The molecule has 1 atom stereocenters. The predicted octanol–water partition coefficient (Wildman–Crippen LogP) is 2.68. The third kappa shape index (κ3) is 3.28. The summed E-state index contributed by atoms with van der Waals surface area (Å²) in [4.78, 5) is 23.0. The van der Waals surface area contributed by atoms with E-state index < -0.39 is 0 Å². The topological polar surface area (TPSA) is 84.1 Å². The quantitative estimate of drug-likeness (QED) is 0.709. The molecule has 132 valence electrons. The zero-order valence-corrected chi connectivity index (χ0v) is 14.0. The Kier molecular flexibility index (Phi) is 4.12. The van der Waals surface area contributed by atoms with Crippen molar-refractivity contribution in [3.8, 4) is 0 Å². The van der Waals surface area contributed by atoms with Crippen LogP contribution >= 0.6 is 0 Å². The fraction of sp³-hybridized carbons (Fsp3) is 0.211. The van der Waals surface area contributed by atoms with Gasteiger partial charge in [-0.2, -0.15) is 0 Å². The smallest absolute Gasteiger partial charge is 0.253 e. The van der Waals surface area contributed by atoms with Crippen LogP contribution in [0.2, 0.25) is 0 Å². The predicted molar refractivity (Wildman–Crippen MR) is 98.3 cm³/mol. The van der Waals surface area contributed by atoms with Gasteiger partial charge in [0.1, 0.15) is 5.82 Å². The second kappa shape index (κ2) is 6.59. The van der Waals surface area contributed by atoms with Crippen molar-refractivity contribution in [2.24, 2.45) is 0 Å². The Morgan fingerprint density at radius 2 is 2.04 bits per heavy atom. The number of carbonyl (C=O) groups excluding carboxylic acids is 1. The summed E-state index contributed by atoms with van der Waals surface area (Å²) in [5, 5.41) is 3.92. The highest BCUT2D eigenvalue weighted by atomic mass is 19.1. The minimum atomic E-state index is -0.311. The molecule has 1 amide bonds. The molecule has 1 saturated heterocycles. The number of nitrogens with one attached hydrogen (secondary N) is 1. The number of nitrogen functional groups attached to an aromatic ring is 1. The molecule has 3 N–H and O–H groups in total. The summed E-state index contributed by atoms with van der Waals surface area (Å²) >= 11 is 0. The van der Waals surface area contributed by atoms with Gasteiger partial charge in [0.2, 0.25) is 5.95 Å². The van der Waals surface area contributed by atoms with Crippen LogP contribution in [0.25, 0.3) is 10.9 Å². The van der Waals surface area contributed by atoms with Gasteiger partial charge in [0.25, 0.3) is 5.91 Å². The first-order chi connectivity index (χ1) is 12.6. The van der Waals surface area contributed by atoms with Crippen LogP contribution in [-0.2, 0) is 0 Å². The molecule has 2 heterocycles. The Labute approximate surface area is 149 Å². The van der Waals surface area contributed by atoms with E-state index in [2.05, 4.69) is 15.3 Å². The maximum atomic E-state index is 13.2. The van der Waals surface area contributed by atoms with Gasteiger partial charge in [0.15, 0.2) is 0 Å². The van der Waals surface area contributed by atoms with Crippen molar-refractivity contribution in [1.29, 1.82) is 0 Å².